The number of nitrogens with zero attached hydrogens (tertiary/aromatic N) is 1. The molecule has 2 unspecified atom stereocenters. The molecule has 1 fully saturated rings. The van der Waals surface area contributed by atoms with Gasteiger partial charge in [0.15, 0.2) is 0 Å². The maximum Gasteiger partial charge on any atom is 0.225 e. The standard InChI is InChI=1S/C11H20N2O3/c1-3-9(14)6-12-11(16)8-5-10(15)13(4-2)7-8/h8-9,14H,3-7H2,1-2H3,(H,12,16). The van der Waals surface area contributed by atoms with E-state index < -0.39 is 6.10 Å². The van der Waals surface area contributed by atoms with Crippen LogP contribution in [0.5, 0.6) is 0 Å². The highest BCUT2D eigenvalue weighted by Gasteiger charge is 2.33. The summed E-state index contributed by atoms with van der Waals surface area (Å²) in [5.74, 6) is -0.341. The van der Waals surface area contributed by atoms with Crippen molar-refractivity contribution in [3.8, 4) is 0 Å². The van der Waals surface area contributed by atoms with Crippen LogP contribution in [0, 0.1) is 5.92 Å². The second-order valence-corrected chi connectivity index (χ2v) is 4.14. The van der Waals surface area contributed by atoms with E-state index in [1.165, 1.54) is 0 Å². The summed E-state index contributed by atoms with van der Waals surface area (Å²) >= 11 is 0. The number of aliphatic hydroxyl groups excluding tert-OH is 1. The molecule has 1 aliphatic rings. The second-order valence-electron chi connectivity index (χ2n) is 4.14. The molecule has 2 N–H and O–H groups in total. The third-order valence-corrected chi connectivity index (χ3v) is 2.95. The van der Waals surface area contributed by atoms with Gasteiger partial charge in [0.1, 0.15) is 0 Å². The van der Waals surface area contributed by atoms with Crippen LogP contribution in [0.4, 0.5) is 0 Å². The van der Waals surface area contributed by atoms with Crippen LogP contribution in [0.3, 0.4) is 0 Å². The van der Waals surface area contributed by atoms with Crippen LogP contribution in [-0.4, -0.2) is 47.6 Å². The molecule has 0 aromatic heterocycles. The fourth-order valence-electron chi connectivity index (χ4n) is 1.76. The lowest BCUT2D eigenvalue weighted by molar-refractivity contribution is -0.129. The average Bonchev–Trinajstić information content (AvgIpc) is 2.66. The zero-order valence-electron chi connectivity index (χ0n) is 9.90. The van der Waals surface area contributed by atoms with Crippen molar-refractivity contribution < 1.29 is 14.7 Å². The Labute approximate surface area is 95.8 Å². The van der Waals surface area contributed by atoms with E-state index in [0.717, 1.165) is 0 Å². The molecule has 1 rings (SSSR count). The molecule has 92 valence electrons. The van der Waals surface area contributed by atoms with Crippen LogP contribution in [0.25, 0.3) is 0 Å². The van der Waals surface area contributed by atoms with Gasteiger partial charge in [-0.15, -0.1) is 0 Å². The van der Waals surface area contributed by atoms with Gasteiger partial charge in [0.2, 0.25) is 11.8 Å². The quantitative estimate of drug-likeness (QED) is 0.681. The van der Waals surface area contributed by atoms with Gasteiger partial charge in [-0.05, 0) is 13.3 Å². The zero-order chi connectivity index (χ0) is 12.1. The van der Waals surface area contributed by atoms with Gasteiger partial charge in [-0.25, -0.2) is 0 Å². The van der Waals surface area contributed by atoms with E-state index in [0.29, 0.717) is 25.9 Å². The van der Waals surface area contributed by atoms with Gasteiger partial charge >= 0.3 is 0 Å². The number of carbonyl (C=O) groups is 2. The molecule has 1 saturated heterocycles. The van der Waals surface area contributed by atoms with Crippen LogP contribution in [0.2, 0.25) is 0 Å². The molecule has 1 heterocycles. The number of rotatable bonds is 5. The molecule has 16 heavy (non-hydrogen) atoms. The summed E-state index contributed by atoms with van der Waals surface area (Å²) in [6.45, 7) is 5.18. The molecule has 0 saturated carbocycles. The van der Waals surface area contributed by atoms with E-state index in [-0.39, 0.29) is 24.3 Å². The summed E-state index contributed by atoms with van der Waals surface area (Å²) in [5.41, 5.74) is 0. The van der Waals surface area contributed by atoms with Crippen molar-refractivity contribution in [1.29, 1.82) is 0 Å². The molecular weight excluding hydrogens is 208 g/mol. The normalized spacial score (nSPS) is 22.3. The van der Waals surface area contributed by atoms with E-state index in [1.807, 2.05) is 13.8 Å². The van der Waals surface area contributed by atoms with Gasteiger partial charge in [-0.3, -0.25) is 9.59 Å². The molecule has 0 radical (unpaired) electrons. The Morgan fingerprint density at radius 2 is 2.31 bits per heavy atom. The minimum absolute atomic E-state index is 0.0405. The van der Waals surface area contributed by atoms with E-state index in [4.69, 9.17) is 0 Å². The Morgan fingerprint density at radius 3 is 2.81 bits per heavy atom. The van der Waals surface area contributed by atoms with Gasteiger partial charge in [0, 0.05) is 26.1 Å². The molecule has 2 atom stereocenters. The van der Waals surface area contributed by atoms with Crippen molar-refractivity contribution in [2.45, 2.75) is 32.8 Å². The van der Waals surface area contributed by atoms with Crippen molar-refractivity contribution in [2.24, 2.45) is 5.92 Å². The second kappa shape index (κ2) is 5.84. The van der Waals surface area contributed by atoms with E-state index in [2.05, 4.69) is 5.32 Å². The molecule has 0 aliphatic carbocycles. The SMILES string of the molecule is CCC(O)CNC(=O)C1CC(=O)N(CC)C1. The topological polar surface area (TPSA) is 69.6 Å². The molecule has 5 heteroatoms. The van der Waals surface area contributed by atoms with Crippen molar-refractivity contribution in [1.82, 2.24) is 10.2 Å². The van der Waals surface area contributed by atoms with Gasteiger partial charge < -0.3 is 15.3 Å². The van der Waals surface area contributed by atoms with Crippen molar-refractivity contribution in [3.05, 3.63) is 0 Å². The maximum atomic E-state index is 11.7. The average molecular weight is 228 g/mol. The fourth-order valence-corrected chi connectivity index (χ4v) is 1.76. The number of likely N-dealkylation sites (tertiary alicyclic amines) is 1. The van der Waals surface area contributed by atoms with Crippen molar-refractivity contribution in [3.63, 3.8) is 0 Å². The van der Waals surface area contributed by atoms with Gasteiger partial charge in [-0.2, -0.15) is 0 Å². The molecular formula is C11H20N2O3. The molecule has 0 aromatic carbocycles. The molecule has 0 aromatic rings. The largest absolute Gasteiger partial charge is 0.391 e. The molecule has 1 aliphatic heterocycles. The van der Waals surface area contributed by atoms with Gasteiger partial charge in [0.05, 0.1) is 12.0 Å². The van der Waals surface area contributed by atoms with Crippen LogP contribution in [0.1, 0.15) is 26.7 Å². The first-order chi connectivity index (χ1) is 7.58. The predicted octanol–water partition coefficient (Wildman–Crippen LogP) is -0.258. The Bertz CT molecular complexity index is 268. The first kappa shape index (κ1) is 13.0. The number of aliphatic hydroxyl groups is 1. The number of amides is 2. The monoisotopic (exact) mass is 228 g/mol. The maximum absolute atomic E-state index is 11.7. The number of hydrogen-bond donors (Lipinski definition) is 2. The zero-order valence-corrected chi connectivity index (χ0v) is 9.90. The van der Waals surface area contributed by atoms with E-state index in [9.17, 15) is 14.7 Å². The summed E-state index contributed by atoms with van der Waals surface area (Å²) in [7, 11) is 0. The van der Waals surface area contributed by atoms with E-state index >= 15 is 0 Å². The highest BCUT2D eigenvalue weighted by molar-refractivity contribution is 5.89. The molecule has 2 amide bonds. The lowest BCUT2D eigenvalue weighted by Crippen LogP contribution is -2.37. The Kier molecular flexibility index (Phi) is 4.73. The Hall–Kier alpha value is -1.10. The Balaban J connectivity index is 2.36. The van der Waals surface area contributed by atoms with Crippen LogP contribution in [-0.2, 0) is 9.59 Å². The number of carbonyl (C=O) groups excluding carboxylic acids is 2. The highest BCUT2D eigenvalue weighted by Crippen LogP contribution is 2.17. The summed E-state index contributed by atoms with van der Waals surface area (Å²) in [6.07, 6.45) is 0.413. The minimum Gasteiger partial charge on any atom is -0.391 e. The minimum atomic E-state index is -0.497. The number of hydrogen-bond acceptors (Lipinski definition) is 3. The first-order valence-electron chi connectivity index (χ1n) is 5.82. The molecule has 0 bridgehead atoms. The van der Waals surface area contributed by atoms with E-state index in [1.54, 1.807) is 4.90 Å². The van der Waals surface area contributed by atoms with Crippen molar-refractivity contribution >= 4 is 11.8 Å². The lowest BCUT2D eigenvalue weighted by Gasteiger charge is -2.14. The van der Waals surface area contributed by atoms with Crippen LogP contribution in [0.15, 0.2) is 0 Å². The van der Waals surface area contributed by atoms with Gasteiger partial charge in [0.25, 0.3) is 0 Å². The summed E-state index contributed by atoms with van der Waals surface area (Å²) < 4.78 is 0. The first-order valence-corrected chi connectivity index (χ1v) is 5.82. The van der Waals surface area contributed by atoms with Crippen LogP contribution < -0.4 is 5.32 Å². The summed E-state index contributed by atoms with van der Waals surface area (Å²) in [6, 6.07) is 0. The lowest BCUT2D eigenvalue weighted by atomic mass is 10.1. The highest BCUT2D eigenvalue weighted by atomic mass is 16.3. The third-order valence-electron chi connectivity index (χ3n) is 2.95. The van der Waals surface area contributed by atoms with Gasteiger partial charge in [-0.1, -0.05) is 6.92 Å². The summed E-state index contributed by atoms with van der Waals surface area (Å²) in [4.78, 5) is 24.8. The fraction of sp³-hybridized carbons (Fsp3) is 0.818. The predicted molar refractivity (Wildman–Crippen MR) is 59.7 cm³/mol. The molecule has 5 nitrogen and oxygen atoms in total. The third kappa shape index (κ3) is 3.20. The van der Waals surface area contributed by atoms with Crippen LogP contribution >= 0.6 is 0 Å². The smallest absolute Gasteiger partial charge is 0.225 e. The Morgan fingerprint density at radius 1 is 1.62 bits per heavy atom. The number of nitrogens with one attached hydrogen (secondary N) is 1. The molecule has 0 spiro atoms. The summed E-state index contributed by atoms with van der Waals surface area (Å²) in [5, 5.41) is 12.0. The van der Waals surface area contributed by atoms with Crippen molar-refractivity contribution in [2.75, 3.05) is 19.6 Å².